The lowest BCUT2D eigenvalue weighted by molar-refractivity contribution is 0.123. The molecule has 2 heteroatoms. The van der Waals surface area contributed by atoms with E-state index in [9.17, 15) is 0 Å². The van der Waals surface area contributed by atoms with Crippen LogP contribution in [0.4, 0.5) is 0 Å². The average molecular weight is 240 g/mol. The summed E-state index contributed by atoms with van der Waals surface area (Å²) in [7, 11) is 2.31. The summed E-state index contributed by atoms with van der Waals surface area (Å²) in [6.07, 6.45) is 6.86. The van der Waals surface area contributed by atoms with Crippen LogP contribution in [-0.2, 0) is 0 Å². The van der Waals surface area contributed by atoms with Gasteiger partial charge in [0.1, 0.15) is 0 Å². The standard InChI is InChI=1S/C15H32N2/c1-6-13(3)16-11-14(4)17(5)15-9-7-8-12(2)10-15/h12-16H,6-11H2,1-5H3. The number of likely N-dealkylation sites (N-methyl/N-ethyl adjacent to an activating group) is 1. The quantitative estimate of drug-likeness (QED) is 0.766. The van der Waals surface area contributed by atoms with Crippen molar-refractivity contribution in [3.05, 3.63) is 0 Å². The molecule has 0 aliphatic heterocycles. The average Bonchev–Trinajstić information content (AvgIpc) is 2.34. The first-order chi connectivity index (χ1) is 8.04. The predicted octanol–water partition coefficient (Wildman–Crippen LogP) is 3.27. The molecule has 0 heterocycles. The SMILES string of the molecule is CCC(C)NCC(C)N(C)C1CCCC(C)C1. The van der Waals surface area contributed by atoms with E-state index in [2.05, 4.69) is 45.0 Å². The van der Waals surface area contributed by atoms with Gasteiger partial charge in [0.25, 0.3) is 0 Å². The summed E-state index contributed by atoms with van der Waals surface area (Å²) < 4.78 is 0. The minimum absolute atomic E-state index is 0.649. The van der Waals surface area contributed by atoms with E-state index in [1.54, 1.807) is 0 Å². The molecule has 0 radical (unpaired) electrons. The van der Waals surface area contributed by atoms with Crippen LogP contribution in [0.15, 0.2) is 0 Å². The fraction of sp³-hybridized carbons (Fsp3) is 1.00. The smallest absolute Gasteiger partial charge is 0.0192 e. The van der Waals surface area contributed by atoms with E-state index in [0.717, 1.165) is 18.5 Å². The van der Waals surface area contributed by atoms with Gasteiger partial charge in [-0.25, -0.2) is 0 Å². The van der Waals surface area contributed by atoms with E-state index in [-0.39, 0.29) is 0 Å². The lowest BCUT2D eigenvalue weighted by atomic mass is 9.86. The molecule has 0 aromatic rings. The molecule has 0 aromatic heterocycles. The Morgan fingerprint density at radius 2 is 2.00 bits per heavy atom. The van der Waals surface area contributed by atoms with Crippen LogP contribution in [0, 0.1) is 5.92 Å². The van der Waals surface area contributed by atoms with E-state index < -0.39 is 0 Å². The van der Waals surface area contributed by atoms with Gasteiger partial charge in [0.05, 0.1) is 0 Å². The van der Waals surface area contributed by atoms with Crippen molar-refractivity contribution in [2.75, 3.05) is 13.6 Å². The molecule has 0 spiro atoms. The molecule has 0 amide bonds. The van der Waals surface area contributed by atoms with Crippen LogP contribution in [0.25, 0.3) is 0 Å². The van der Waals surface area contributed by atoms with E-state index in [1.165, 1.54) is 32.1 Å². The first kappa shape index (κ1) is 15.0. The Labute approximate surface area is 108 Å². The summed E-state index contributed by atoms with van der Waals surface area (Å²) >= 11 is 0. The van der Waals surface area contributed by atoms with Crippen molar-refractivity contribution in [2.45, 2.75) is 77.9 Å². The summed E-state index contributed by atoms with van der Waals surface area (Å²) in [5.74, 6) is 0.922. The minimum atomic E-state index is 0.649. The van der Waals surface area contributed by atoms with Gasteiger partial charge in [-0.05, 0) is 46.1 Å². The largest absolute Gasteiger partial charge is 0.313 e. The molecular weight excluding hydrogens is 208 g/mol. The number of hydrogen-bond donors (Lipinski definition) is 1. The van der Waals surface area contributed by atoms with Gasteiger partial charge in [-0.15, -0.1) is 0 Å². The fourth-order valence-corrected chi connectivity index (χ4v) is 2.79. The monoisotopic (exact) mass is 240 g/mol. The van der Waals surface area contributed by atoms with Crippen LogP contribution in [0.5, 0.6) is 0 Å². The van der Waals surface area contributed by atoms with Crippen molar-refractivity contribution >= 4 is 0 Å². The number of rotatable bonds is 6. The fourth-order valence-electron chi connectivity index (χ4n) is 2.79. The molecule has 1 fully saturated rings. The number of nitrogens with one attached hydrogen (secondary N) is 1. The third kappa shape index (κ3) is 4.97. The summed E-state index contributed by atoms with van der Waals surface area (Å²) in [6.45, 7) is 10.4. The predicted molar refractivity (Wildman–Crippen MR) is 76.4 cm³/mol. The van der Waals surface area contributed by atoms with Gasteiger partial charge in [0.2, 0.25) is 0 Å². The Morgan fingerprint density at radius 3 is 2.59 bits per heavy atom. The molecule has 102 valence electrons. The molecule has 1 aliphatic carbocycles. The van der Waals surface area contributed by atoms with Gasteiger partial charge in [-0.2, -0.15) is 0 Å². The topological polar surface area (TPSA) is 15.3 Å². The maximum Gasteiger partial charge on any atom is 0.0192 e. The van der Waals surface area contributed by atoms with Crippen LogP contribution in [0.3, 0.4) is 0 Å². The molecular formula is C15H32N2. The molecule has 0 aromatic carbocycles. The van der Waals surface area contributed by atoms with E-state index in [0.29, 0.717) is 12.1 Å². The Balaban J connectivity index is 2.32. The summed E-state index contributed by atoms with van der Waals surface area (Å²) in [5.41, 5.74) is 0. The Kier molecular flexibility index (Phi) is 6.50. The molecule has 2 nitrogen and oxygen atoms in total. The van der Waals surface area contributed by atoms with Crippen molar-refractivity contribution in [2.24, 2.45) is 5.92 Å². The van der Waals surface area contributed by atoms with Crippen molar-refractivity contribution in [3.63, 3.8) is 0 Å². The van der Waals surface area contributed by atoms with Crippen LogP contribution in [0.1, 0.15) is 59.8 Å². The summed E-state index contributed by atoms with van der Waals surface area (Å²) in [4.78, 5) is 2.60. The highest BCUT2D eigenvalue weighted by atomic mass is 15.2. The molecule has 1 saturated carbocycles. The second-order valence-corrected chi connectivity index (χ2v) is 6.16. The van der Waals surface area contributed by atoms with Gasteiger partial charge in [-0.3, -0.25) is 4.90 Å². The van der Waals surface area contributed by atoms with Crippen molar-refractivity contribution in [3.8, 4) is 0 Å². The lowest BCUT2D eigenvalue weighted by Gasteiger charge is -2.38. The Morgan fingerprint density at radius 1 is 1.29 bits per heavy atom. The molecule has 4 atom stereocenters. The van der Waals surface area contributed by atoms with Crippen LogP contribution in [0.2, 0.25) is 0 Å². The third-order valence-corrected chi connectivity index (χ3v) is 4.55. The number of hydrogen-bond acceptors (Lipinski definition) is 2. The van der Waals surface area contributed by atoms with E-state index in [4.69, 9.17) is 0 Å². The molecule has 4 unspecified atom stereocenters. The second-order valence-electron chi connectivity index (χ2n) is 6.16. The van der Waals surface area contributed by atoms with E-state index in [1.807, 2.05) is 0 Å². The normalized spacial score (nSPS) is 29.3. The van der Waals surface area contributed by atoms with Crippen LogP contribution >= 0.6 is 0 Å². The molecule has 0 bridgehead atoms. The summed E-state index contributed by atoms with van der Waals surface area (Å²) in [5, 5.41) is 3.62. The minimum Gasteiger partial charge on any atom is -0.313 e. The molecule has 1 N–H and O–H groups in total. The zero-order valence-electron chi connectivity index (χ0n) is 12.5. The molecule has 0 saturated heterocycles. The maximum atomic E-state index is 3.62. The molecule has 1 rings (SSSR count). The first-order valence-electron chi connectivity index (χ1n) is 7.49. The summed E-state index contributed by atoms with van der Waals surface area (Å²) in [6, 6.07) is 2.11. The molecule has 1 aliphatic rings. The number of nitrogens with zero attached hydrogens (tertiary/aromatic N) is 1. The maximum absolute atomic E-state index is 3.62. The van der Waals surface area contributed by atoms with E-state index >= 15 is 0 Å². The van der Waals surface area contributed by atoms with Crippen LogP contribution < -0.4 is 5.32 Å². The van der Waals surface area contributed by atoms with Gasteiger partial charge in [0.15, 0.2) is 0 Å². The lowest BCUT2D eigenvalue weighted by Crippen LogP contribution is -2.46. The van der Waals surface area contributed by atoms with Crippen molar-refractivity contribution in [1.82, 2.24) is 10.2 Å². The molecule has 17 heavy (non-hydrogen) atoms. The second kappa shape index (κ2) is 7.38. The Bertz CT molecular complexity index is 205. The van der Waals surface area contributed by atoms with Gasteiger partial charge in [-0.1, -0.05) is 26.7 Å². The van der Waals surface area contributed by atoms with Crippen molar-refractivity contribution in [1.29, 1.82) is 0 Å². The van der Waals surface area contributed by atoms with Crippen molar-refractivity contribution < 1.29 is 0 Å². The Hall–Kier alpha value is -0.0800. The highest BCUT2D eigenvalue weighted by Crippen LogP contribution is 2.27. The van der Waals surface area contributed by atoms with Gasteiger partial charge in [0, 0.05) is 24.7 Å². The van der Waals surface area contributed by atoms with Gasteiger partial charge >= 0.3 is 0 Å². The zero-order valence-corrected chi connectivity index (χ0v) is 12.5. The zero-order chi connectivity index (χ0) is 12.8. The third-order valence-electron chi connectivity index (χ3n) is 4.55. The van der Waals surface area contributed by atoms with Crippen LogP contribution in [-0.4, -0.2) is 36.6 Å². The van der Waals surface area contributed by atoms with Gasteiger partial charge < -0.3 is 5.32 Å². The highest BCUT2D eigenvalue weighted by Gasteiger charge is 2.24. The highest BCUT2D eigenvalue weighted by molar-refractivity contribution is 4.81. The first-order valence-corrected chi connectivity index (χ1v) is 7.49.